The molecule has 0 saturated heterocycles. The number of hydrogen-bond acceptors (Lipinski definition) is 5. The fourth-order valence-electron chi connectivity index (χ4n) is 1.16. The van der Waals surface area contributed by atoms with Gasteiger partial charge < -0.3 is 5.73 Å². The molecule has 8 nitrogen and oxygen atoms in total. The van der Waals surface area contributed by atoms with E-state index >= 15 is 0 Å². The van der Waals surface area contributed by atoms with Gasteiger partial charge in [0.1, 0.15) is 17.8 Å². The molecule has 0 saturated carbocycles. The number of nitrogen functional groups attached to an aromatic ring is 1. The Morgan fingerprint density at radius 1 is 1.56 bits per heavy atom. The van der Waals surface area contributed by atoms with Crippen LogP contribution in [0.2, 0.25) is 0 Å². The molecule has 0 amide bonds. The largest absolute Gasteiger partial charge is 0.383 e. The van der Waals surface area contributed by atoms with Gasteiger partial charge in [0.25, 0.3) is 0 Å². The number of nitrogens with zero attached hydrogens (tertiary/aromatic N) is 6. The minimum absolute atomic E-state index is 0.0879. The van der Waals surface area contributed by atoms with Crippen LogP contribution in [0.15, 0.2) is 11.4 Å². The van der Waals surface area contributed by atoms with Crippen LogP contribution in [0.5, 0.6) is 0 Å². The summed E-state index contributed by atoms with van der Waals surface area (Å²) in [6, 6.07) is 0. The zero-order valence-corrected chi connectivity index (χ0v) is 8.05. The van der Waals surface area contributed by atoms with Gasteiger partial charge in [0.2, 0.25) is 0 Å². The first-order valence-corrected chi connectivity index (χ1v) is 4.27. The highest BCUT2D eigenvalue weighted by Gasteiger charge is 2.07. The normalized spacial score (nSPS) is 9.25. The maximum atomic E-state index is 8.07. The van der Waals surface area contributed by atoms with Gasteiger partial charge in [-0.15, -0.1) is 0 Å². The molecule has 0 spiro atoms. The third-order valence-electron chi connectivity index (χ3n) is 1.81. The van der Waals surface area contributed by atoms with E-state index in [1.165, 1.54) is 6.33 Å². The van der Waals surface area contributed by atoms with E-state index in [0.29, 0.717) is 22.5 Å². The minimum atomic E-state index is 0.0879. The molecular formula is C8H6N8. The highest BCUT2D eigenvalue weighted by molar-refractivity contribution is 5.89. The second kappa shape index (κ2) is 4.16. The van der Waals surface area contributed by atoms with Crippen molar-refractivity contribution in [2.45, 2.75) is 0 Å². The number of azide groups is 1. The second-order valence-corrected chi connectivity index (χ2v) is 2.75. The summed E-state index contributed by atoms with van der Waals surface area (Å²) in [5, 5.41) is 10.5. The van der Waals surface area contributed by atoms with Gasteiger partial charge in [-0.3, -0.25) is 5.10 Å². The molecule has 2 rings (SSSR count). The van der Waals surface area contributed by atoms with Crippen molar-refractivity contribution in [1.29, 1.82) is 0 Å². The summed E-state index contributed by atoms with van der Waals surface area (Å²) in [5.74, 6) is 5.72. The van der Waals surface area contributed by atoms with E-state index in [4.69, 9.17) is 11.3 Å². The Labute approximate surface area is 89.5 Å². The number of aromatic amines is 1. The first-order valence-electron chi connectivity index (χ1n) is 4.27. The van der Waals surface area contributed by atoms with Crippen LogP contribution in [-0.4, -0.2) is 26.7 Å². The average molecular weight is 214 g/mol. The van der Waals surface area contributed by atoms with Crippen molar-refractivity contribution in [3.05, 3.63) is 22.5 Å². The van der Waals surface area contributed by atoms with Gasteiger partial charge in [0.05, 0.1) is 11.9 Å². The summed E-state index contributed by atoms with van der Waals surface area (Å²) in [6.07, 6.45) is 1.33. The van der Waals surface area contributed by atoms with Crippen molar-refractivity contribution in [2.75, 3.05) is 12.3 Å². The Kier molecular flexibility index (Phi) is 2.54. The van der Waals surface area contributed by atoms with Gasteiger partial charge in [0, 0.05) is 4.91 Å². The maximum Gasteiger partial charge on any atom is 0.187 e. The van der Waals surface area contributed by atoms with Crippen molar-refractivity contribution in [1.82, 2.24) is 20.2 Å². The average Bonchev–Trinajstić information content (AvgIpc) is 2.69. The third kappa shape index (κ3) is 1.70. The standard InChI is InChI=1S/C8H6N8/c9-7-6-5(2-1-3-13-16-10)14-15-8(6)12-4-11-7/h4H,3H2,(H3,9,11,12,14,15). The van der Waals surface area contributed by atoms with Crippen LogP contribution in [0.3, 0.4) is 0 Å². The highest BCUT2D eigenvalue weighted by Crippen LogP contribution is 2.17. The summed E-state index contributed by atoms with van der Waals surface area (Å²) in [4.78, 5) is 10.3. The Bertz CT molecular complexity index is 624. The lowest BCUT2D eigenvalue weighted by atomic mass is 10.3. The van der Waals surface area contributed by atoms with Gasteiger partial charge in [0.15, 0.2) is 5.65 Å². The van der Waals surface area contributed by atoms with Crippen molar-refractivity contribution in [2.24, 2.45) is 5.11 Å². The van der Waals surface area contributed by atoms with Crippen LogP contribution in [0.4, 0.5) is 5.82 Å². The molecule has 0 fully saturated rings. The molecule has 0 atom stereocenters. The number of nitrogens with two attached hydrogens (primary N) is 1. The van der Waals surface area contributed by atoms with Gasteiger partial charge in [-0.2, -0.15) is 5.10 Å². The second-order valence-electron chi connectivity index (χ2n) is 2.75. The Balaban J connectivity index is 2.44. The predicted octanol–water partition coefficient (Wildman–Crippen LogP) is 0.597. The Morgan fingerprint density at radius 2 is 2.44 bits per heavy atom. The Morgan fingerprint density at radius 3 is 3.25 bits per heavy atom. The molecule has 78 valence electrons. The summed E-state index contributed by atoms with van der Waals surface area (Å²) in [5.41, 5.74) is 14.7. The molecule has 0 bridgehead atoms. The quantitative estimate of drug-likeness (QED) is 0.311. The van der Waals surface area contributed by atoms with Crippen LogP contribution in [0, 0.1) is 11.8 Å². The number of nitrogens with one attached hydrogen (secondary N) is 1. The molecule has 0 aliphatic heterocycles. The highest BCUT2D eigenvalue weighted by atomic mass is 15.2. The van der Waals surface area contributed by atoms with Crippen LogP contribution < -0.4 is 5.73 Å². The summed E-state index contributed by atoms with van der Waals surface area (Å²) in [7, 11) is 0. The molecule has 0 aliphatic rings. The first kappa shape index (κ1) is 9.76. The molecule has 0 aliphatic carbocycles. The number of fused-ring (bicyclic) bond motifs is 1. The molecule has 0 radical (unpaired) electrons. The molecule has 8 heteroatoms. The van der Waals surface area contributed by atoms with Crippen LogP contribution in [0.1, 0.15) is 5.69 Å². The molecular weight excluding hydrogens is 208 g/mol. The zero-order valence-electron chi connectivity index (χ0n) is 8.05. The maximum absolute atomic E-state index is 8.07. The number of rotatable bonds is 1. The van der Waals surface area contributed by atoms with E-state index in [-0.39, 0.29) is 6.54 Å². The van der Waals surface area contributed by atoms with Gasteiger partial charge in [-0.05, 0) is 11.5 Å². The van der Waals surface area contributed by atoms with E-state index in [0.717, 1.165) is 0 Å². The lowest BCUT2D eigenvalue weighted by Gasteiger charge is -1.91. The first-order chi connectivity index (χ1) is 7.83. The van der Waals surface area contributed by atoms with E-state index < -0.39 is 0 Å². The molecule has 0 aromatic carbocycles. The number of aromatic nitrogens is 4. The monoisotopic (exact) mass is 214 g/mol. The summed E-state index contributed by atoms with van der Waals surface area (Å²) in [6.45, 7) is 0.0879. The topological polar surface area (TPSA) is 129 Å². The predicted molar refractivity (Wildman–Crippen MR) is 57.0 cm³/mol. The van der Waals surface area contributed by atoms with Crippen molar-refractivity contribution < 1.29 is 0 Å². The molecule has 3 N–H and O–H groups in total. The smallest absolute Gasteiger partial charge is 0.187 e. The SMILES string of the molecule is [N-]=[N+]=NCC#Cc1[nH]nc2ncnc(N)c12. The van der Waals surface area contributed by atoms with E-state index in [2.05, 4.69) is 42.0 Å². The fraction of sp³-hybridized carbons (Fsp3) is 0.125. The molecule has 2 heterocycles. The molecule has 2 aromatic rings. The number of hydrogen-bond donors (Lipinski definition) is 2. The lowest BCUT2D eigenvalue weighted by molar-refractivity contribution is 1.08. The van der Waals surface area contributed by atoms with E-state index in [1.54, 1.807) is 0 Å². The van der Waals surface area contributed by atoms with E-state index in [1.807, 2.05) is 0 Å². The zero-order chi connectivity index (χ0) is 11.4. The van der Waals surface area contributed by atoms with Gasteiger partial charge in [-0.25, -0.2) is 9.97 Å². The van der Waals surface area contributed by atoms with E-state index in [9.17, 15) is 0 Å². The van der Waals surface area contributed by atoms with Gasteiger partial charge in [-0.1, -0.05) is 11.0 Å². The van der Waals surface area contributed by atoms with Crippen molar-refractivity contribution >= 4 is 16.9 Å². The minimum Gasteiger partial charge on any atom is -0.383 e. The lowest BCUT2D eigenvalue weighted by Crippen LogP contribution is -1.92. The van der Waals surface area contributed by atoms with Crippen LogP contribution in [-0.2, 0) is 0 Å². The van der Waals surface area contributed by atoms with Crippen LogP contribution >= 0.6 is 0 Å². The van der Waals surface area contributed by atoms with Crippen molar-refractivity contribution in [3.8, 4) is 11.8 Å². The summed E-state index contributed by atoms with van der Waals surface area (Å²) >= 11 is 0. The summed E-state index contributed by atoms with van der Waals surface area (Å²) < 4.78 is 0. The number of H-pyrrole nitrogens is 1. The van der Waals surface area contributed by atoms with Crippen molar-refractivity contribution in [3.63, 3.8) is 0 Å². The third-order valence-corrected chi connectivity index (χ3v) is 1.81. The van der Waals surface area contributed by atoms with Crippen LogP contribution in [0.25, 0.3) is 21.5 Å². The Hall–Kier alpha value is -2.78. The molecule has 0 unspecified atom stereocenters. The molecule has 16 heavy (non-hydrogen) atoms. The fourth-order valence-corrected chi connectivity index (χ4v) is 1.16. The molecule has 2 aromatic heterocycles. The van der Waals surface area contributed by atoms with Gasteiger partial charge >= 0.3 is 0 Å². The number of anilines is 1.